The number of benzene rings is 1. The van der Waals surface area contributed by atoms with Gasteiger partial charge in [-0.3, -0.25) is 9.69 Å². The summed E-state index contributed by atoms with van der Waals surface area (Å²) in [5.41, 5.74) is 2.39. The van der Waals surface area contributed by atoms with Crippen LogP contribution in [0.5, 0.6) is 11.5 Å². The van der Waals surface area contributed by atoms with Crippen molar-refractivity contribution in [3.05, 3.63) is 50.9 Å². The number of aromatic hydroxyl groups is 1. The number of thiophene rings is 1. The van der Waals surface area contributed by atoms with Crippen LogP contribution in [0.1, 0.15) is 46.1 Å². The van der Waals surface area contributed by atoms with E-state index in [4.69, 9.17) is 4.74 Å². The Balaban J connectivity index is 1.65. The van der Waals surface area contributed by atoms with Crippen LogP contribution in [0.15, 0.2) is 29.3 Å². The minimum Gasteiger partial charge on any atom is -0.507 e. The van der Waals surface area contributed by atoms with Crippen LogP contribution < -0.4 is 4.74 Å². The average molecular weight is 369 g/mol. The first-order chi connectivity index (χ1) is 12.5. The maximum atomic E-state index is 12.8. The molecule has 136 valence electrons. The van der Waals surface area contributed by atoms with Gasteiger partial charge in [-0.15, -0.1) is 11.3 Å². The number of Topliss-reactive ketones (excluding diaryl/α,β-unsaturated/α-hetero) is 1. The Morgan fingerprint density at radius 3 is 2.96 bits per heavy atom. The highest BCUT2D eigenvalue weighted by Gasteiger charge is 2.32. The second-order valence-electron chi connectivity index (χ2n) is 7.33. The number of phenols is 1. The van der Waals surface area contributed by atoms with Gasteiger partial charge in [0.15, 0.2) is 5.76 Å². The van der Waals surface area contributed by atoms with Gasteiger partial charge in [0.05, 0.1) is 11.1 Å². The first-order valence-electron chi connectivity index (χ1n) is 9.08. The average Bonchev–Trinajstić information content (AvgIpc) is 3.15. The van der Waals surface area contributed by atoms with E-state index in [0.717, 1.165) is 29.1 Å². The molecule has 0 radical (unpaired) electrons. The fourth-order valence-electron chi connectivity index (χ4n) is 3.75. The summed E-state index contributed by atoms with van der Waals surface area (Å²) in [6, 6.07) is 5.30. The highest BCUT2D eigenvalue weighted by atomic mass is 32.1. The van der Waals surface area contributed by atoms with Crippen molar-refractivity contribution < 1.29 is 14.6 Å². The molecule has 0 bridgehead atoms. The van der Waals surface area contributed by atoms with E-state index in [0.29, 0.717) is 29.5 Å². The van der Waals surface area contributed by atoms with Gasteiger partial charge >= 0.3 is 0 Å². The Hall–Kier alpha value is -2.11. The molecule has 3 heterocycles. The quantitative estimate of drug-likeness (QED) is 0.803. The lowest BCUT2D eigenvalue weighted by atomic mass is 9.99. The zero-order valence-electron chi connectivity index (χ0n) is 15.1. The van der Waals surface area contributed by atoms with Gasteiger partial charge in [0.2, 0.25) is 5.78 Å². The minimum absolute atomic E-state index is 0.110. The summed E-state index contributed by atoms with van der Waals surface area (Å²) in [4.78, 5) is 16.1. The van der Waals surface area contributed by atoms with Crippen LogP contribution in [0, 0.1) is 12.8 Å². The second kappa shape index (κ2) is 6.89. The van der Waals surface area contributed by atoms with Crippen LogP contribution in [0.3, 0.4) is 0 Å². The summed E-state index contributed by atoms with van der Waals surface area (Å²) in [6.07, 6.45) is 4.23. The Labute approximate surface area is 157 Å². The predicted octanol–water partition coefficient (Wildman–Crippen LogP) is 4.61. The SMILES string of the molecule is Cc1ccsc1/C=C1\Oc2c(ccc(O)c2CN2CCC[C@@H](C)C2)C1=O. The molecular formula is C21H23NO3S. The summed E-state index contributed by atoms with van der Waals surface area (Å²) in [5, 5.41) is 12.4. The van der Waals surface area contributed by atoms with Gasteiger partial charge in [0.1, 0.15) is 11.5 Å². The number of hydrogen-bond donors (Lipinski definition) is 1. The number of rotatable bonds is 3. The van der Waals surface area contributed by atoms with Gasteiger partial charge in [-0.1, -0.05) is 6.92 Å². The fourth-order valence-corrected chi connectivity index (χ4v) is 4.60. The van der Waals surface area contributed by atoms with Gasteiger partial charge in [0, 0.05) is 24.0 Å². The van der Waals surface area contributed by atoms with Crippen LogP contribution in [0.2, 0.25) is 0 Å². The lowest BCUT2D eigenvalue weighted by Gasteiger charge is -2.31. The van der Waals surface area contributed by atoms with Crippen LogP contribution in [-0.4, -0.2) is 28.9 Å². The first-order valence-corrected chi connectivity index (χ1v) is 9.96. The Kier molecular flexibility index (Phi) is 4.59. The number of carbonyl (C=O) groups excluding carboxylic acids is 1. The highest BCUT2D eigenvalue weighted by Crippen LogP contribution is 2.40. The summed E-state index contributed by atoms with van der Waals surface area (Å²) in [7, 11) is 0. The standard InChI is InChI=1S/C21H23NO3S/c1-13-4-3-8-22(11-13)12-16-17(23)6-5-15-20(24)18(25-21(15)16)10-19-14(2)7-9-26-19/h5-7,9-10,13,23H,3-4,8,11-12H2,1-2H3/b18-10-/t13-/m1/s1. The van der Waals surface area contributed by atoms with E-state index in [1.165, 1.54) is 12.8 Å². The normalized spacial score (nSPS) is 21.8. The molecule has 1 aromatic carbocycles. The molecule has 2 aliphatic heterocycles. The van der Waals surface area contributed by atoms with Crippen molar-refractivity contribution in [1.29, 1.82) is 0 Å². The largest absolute Gasteiger partial charge is 0.507 e. The highest BCUT2D eigenvalue weighted by molar-refractivity contribution is 7.11. The molecular weight excluding hydrogens is 346 g/mol. The van der Waals surface area contributed by atoms with Crippen molar-refractivity contribution in [2.75, 3.05) is 13.1 Å². The molecule has 5 heteroatoms. The molecule has 1 saturated heterocycles. The summed E-state index contributed by atoms with van der Waals surface area (Å²) >= 11 is 1.59. The van der Waals surface area contributed by atoms with Gasteiger partial charge < -0.3 is 9.84 Å². The molecule has 1 N–H and O–H groups in total. The maximum Gasteiger partial charge on any atom is 0.232 e. The number of ether oxygens (including phenoxy) is 1. The van der Waals surface area contributed by atoms with E-state index >= 15 is 0 Å². The zero-order chi connectivity index (χ0) is 18.3. The molecule has 0 aliphatic carbocycles. The van der Waals surface area contributed by atoms with Crippen molar-refractivity contribution in [1.82, 2.24) is 4.90 Å². The molecule has 0 spiro atoms. The Bertz CT molecular complexity index is 883. The predicted molar refractivity (Wildman–Crippen MR) is 104 cm³/mol. The molecule has 2 aromatic rings. The summed E-state index contributed by atoms with van der Waals surface area (Å²) < 4.78 is 5.96. The number of fused-ring (bicyclic) bond motifs is 1. The number of aryl methyl sites for hydroxylation is 1. The molecule has 2 aliphatic rings. The number of carbonyl (C=O) groups is 1. The summed E-state index contributed by atoms with van der Waals surface area (Å²) in [6.45, 7) is 6.90. The van der Waals surface area contributed by atoms with Gasteiger partial charge in [-0.2, -0.15) is 0 Å². The molecule has 0 unspecified atom stereocenters. The number of likely N-dealkylation sites (tertiary alicyclic amines) is 1. The third-order valence-electron chi connectivity index (χ3n) is 5.20. The van der Waals surface area contributed by atoms with E-state index in [-0.39, 0.29) is 11.5 Å². The molecule has 0 saturated carbocycles. The molecule has 1 aromatic heterocycles. The lowest BCUT2D eigenvalue weighted by Crippen LogP contribution is -2.33. The van der Waals surface area contributed by atoms with Crippen LogP contribution in [0.25, 0.3) is 6.08 Å². The summed E-state index contributed by atoms with van der Waals surface area (Å²) in [5.74, 6) is 1.60. The van der Waals surface area contributed by atoms with Crippen molar-refractivity contribution in [3.63, 3.8) is 0 Å². The Morgan fingerprint density at radius 1 is 1.38 bits per heavy atom. The number of ketones is 1. The topological polar surface area (TPSA) is 49.8 Å². The van der Waals surface area contributed by atoms with Gasteiger partial charge in [-0.25, -0.2) is 0 Å². The number of piperidine rings is 1. The third kappa shape index (κ3) is 3.17. The molecule has 1 atom stereocenters. The van der Waals surface area contributed by atoms with Crippen LogP contribution >= 0.6 is 11.3 Å². The van der Waals surface area contributed by atoms with Crippen molar-refractivity contribution in [2.45, 2.75) is 33.2 Å². The molecule has 0 amide bonds. The zero-order valence-corrected chi connectivity index (χ0v) is 15.9. The van der Waals surface area contributed by atoms with E-state index in [1.54, 1.807) is 23.5 Å². The number of hydrogen-bond acceptors (Lipinski definition) is 5. The molecule has 26 heavy (non-hydrogen) atoms. The monoisotopic (exact) mass is 369 g/mol. The van der Waals surface area contributed by atoms with Gasteiger partial charge in [0.25, 0.3) is 0 Å². The number of nitrogens with zero attached hydrogens (tertiary/aromatic N) is 1. The maximum absolute atomic E-state index is 12.8. The van der Waals surface area contributed by atoms with Gasteiger partial charge in [-0.05, 0) is 61.4 Å². The number of phenolic OH excluding ortho intramolecular Hbond substituents is 1. The molecule has 4 rings (SSSR count). The fraction of sp³-hybridized carbons (Fsp3) is 0.381. The first kappa shape index (κ1) is 17.3. The minimum atomic E-state index is -0.110. The van der Waals surface area contributed by atoms with Crippen molar-refractivity contribution >= 4 is 23.2 Å². The van der Waals surface area contributed by atoms with Crippen LogP contribution in [-0.2, 0) is 6.54 Å². The van der Waals surface area contributed by atoms with E-state index < -0.39 is 0 Å². The van der Waals surface area contributed by atoms with Crippen molar-refractivity contribution in [2.24, 2.45) is 5.92 Å². The third-order valence-corrected chi connectivity index (χ3v) is 6.17. The van der Waals surface area contributed by atoms with Crippen LogP contribution in [0.4, 0.5) is 0 Å². The molecule has 1 fully saturated rings. The smallest absolute Gasteiger partial charge is 0.232 e. The number of allylic oxidation sites excluding steroid dienone is 1. The second-order valence-corrected chi connectivity index (χ2v) is 8.28. The lowest BCUT2D eigenvalue weighted by molar-refractivity contribution is 0.101. The Morgan fingerprint density at radius 2 is 2.23 bits per heavy atom. The van der Waals surface area contributed by atoms with E-state index in [2.05, 4.69) is 11.8 Å². The van der Waals surface area contributed by atoms with E-state index in [9.17, 15) is 9.90 Å². The molecule has 4 nitrogen and oxygen atoms in total. The van der Waals surface area contributed by atoms with E-state index in [1.807, 2.05) is 24.4 Å². The van der Waals surface area contributed by atoms with Crippen molar-refractivity contribution in [3.8, 4) is 11.5 Å².